The van der Waals surface area contributed by atoms with Crippen LogP contribution in [0.5, 0.6) is 0 Å². The largest absolute Gasteiger partial charge is 0.416 e. The van der Waals surface area contributed by atoms with E-state index >= 15 is 0 Å². The standard InChI is InChI=1S/C17H13F6N3O/c18-8-10-3-11(5-13(4-10)17(21,22)23)15-24-9-26(25-15)2-1-14(27)12-6-16(19,20)7-12/h1-5,9,12H,6-8H2/b2-1-. The average Bonchev–Trinajstić information content (AvgIpc) is 3.05. The minimum Gasteiger partial charge on any atom is -0.294 e. The smallest absolute Gasteiger partial charge is 0.294 e. The lowest BCUT2D eigenvalue weighted by atomic mass is 9.78. The lowest BCUT2D eigenvalue weighted by molar-refractivity contribution is -0.143. The third kappa shape index (κ3) is 4.37. The van der Waals surface area contributed by atoms with Crippen LogP contribution in [-0.2, 0) is 17.6 Å². The van der Waals surface area contributed by atoms with Crippen molar-refractivity contribution in [3.63, 3.8) is 0 Å². The molecule has 2 aromatic rings. The second-order valence-electron chi connectivity index (χ2n) is 6.28. The minimum atomic E-state index is -4.65. The first-order chi connectivity index (χ1) is 12.6. The molecule has 1 heterocycles. The number of carbonyl (C=O) groups excluding carboxylic acids is 1. The highest BCUT2D eigenvalue weighted by Crippen LogP contribution is 2.42. The highest BCUT2D eigenvalue weighted by molar-refractivity contribution is 5.94. The van der Waals surface area contributed by atoms with E-state index in [1.54, 1.807) is 0 Å². The van der Waals surface area contributed by atoms with Gasteiger partial charge in [-0.1, -0.05) is 0 Å². The number of ketones is 1. The van der Waals surface area contributed by atoms with Crippen molar-refractivity contribution in [3.05, 3.63) is 41.7 Å². The SMILES string of the molecule is O=C(/C=C\n1cnc(-c2cc(CF)cc(C(F)(F)F)c2)n1)C1CC(F)(F)C1. The number of allylic oxidation sites excluding steroid dienone is 1. The van der Waals surface area contributed by atoms with E-state index in [0.29, 0.717) is 6.07 Å². The number of carbonyl (C=O) groups is 1. The van der Waals surface area contributed by atoms with E-state index in [4.69, 9.17) is 0 Å². The molecule has 0 N–H and O–H groups in total. The van der Waals surface area contributed by atoms with Gasteiger partial charge in [0.05, 0.1) is 5.56 Å². The van der Waals surface area contributed by atoms with Crippen molar-refractivity contribution < 1.29 is 31.1 Å². The van der Waals surface area contributed by atoms with Crippen molar-refractivity contribution >= 4 is 12.0 Å². The molecule has 0 aliphatic heterocycles. The summed E-state index contributed by atoms with van der Waals surface area (Å²) in [6, 6.07) is 2.69. The lowest BCUT2D eigenvalue weighted by Crippen LogP contribution is -2.39. The van der Waals surface area contributed by atoms with Gasteiger partial charge in [-0.2, -0.15) is 13.2 Å². The topological polar surface area (TPSA) is 47.8 Å². The van der Waals surface area contributed by atoms with Crippen LogP contribution in [0.3, 0.4) is 0 Å². The van der Waals surface area contributed by atoms with Gasteiger partial charge in [0.25, 0.3) is 0 Å². The van der Waals surface area contributed by atoms with Gasteiger partial charge in [-0.3, -0.25) is 4.79 Å². The number of hydrogen-bond donors (Lipinski definition) is 0. The highest BCUT2D eigenvalue weighted by atomic mass is 19.4. The van der Waals surface area contributed by atoms with Gasteiger partial charge >= 0.3 is 6.18 Å². The number of aromatic nitrogens is 3. The maximum atomic E-state index is 12.9. The Morgan fingerprint density at radius 1 is 1.26 bits per heavy atom. The third-order valence-corrected chi connectivity index (χ3v) is 4.13. The average molecular weight is 389 g/mol. The van der Waals surface area contributed by atoms with Gasteiger partial charge in [-0.25, -0.2) is 22.8 Å². The van der Waals surface area contributed by atoms with Gasteiger partial charge in [0.1, 0.15) is 13.0 Å². The molecule has 0 atom stereocenters. The van der Waals surface area contributed by atoms with Gasteiger partial charge in [0.15, 0.2) is 11.6 Å². The Morgan fingerprint density at radius 3 is 2.56 bits per heavy atom. The van der Waals surface area contributed by atoms with E-state index in [9.17, 15) is 31.1 Å². The molecule has 0 bridgehead atoms. The number of benzene rings is 1. The minimum absolute atomic E-state index is 0.0328. The van der Waals surface area contributed by atoms with E-state index in [1.165, 1.54) is 12.3 Å². The molecule has 1 aromatic heterocycles. The normalized spacial score (nSPS) is 17.3. The number of nitrogens with zero attached hydrogens (tertiary/aromatic N) is 3. The summed E-state index contributed by atoms with van der Waals surface area (Å²) in [4.78, 5) is 15.6. The fraction of sp³-hybridized carbons (Fsp3) is 0.353. The number of halogens is 6. The van der Waals surface area contributed by atoms with Crippen LogP contribution in [0.1, 0.15) is 24.0 Å². The molecule has 1 saturated carbocycles. The summed E-state index contributed by atoms with van der Waals surface area (Å²) in [5.74, 6) is -4.15. The van der Waals surface area contributed by atoms with Crippen LogP contribution in [0, 0.1) is 5.92 Å². The van der Waals surface area contributed by atoms with Crippen molar-refractivity contribution in [3.8, 4) is 11.4 Å². The molecular formula is C17H13F6N3O. The first-order valence-corrected chi connectivity index (χ1v) is 7.86. The lowest BCUT2D eigenvalue weighted by Gasteiger charge is -2.32. The zero-order valence-corrected chi connectivity index (χ0v) is 13.7. The van der Waals surface area contributed by atoms with Crippen LogP contribution in [0.15, 0.2) is 30.6 Å². The summed E-state index contributed by atoms with van der Waals surface area (Å²) in [5.41, 5.74) is -1.23. The molecule has 10 heteroatoms. The molecule has 0 radical (unpaired) electrons. The zero-order chi connectivity index (χ0) is 19.8. The van der Waals surface area contributed by atoms with E-state index in [2.05, 4.69) is 10.1 Å². The molecule has 0 spiro atoms. The van der Waals surface area contributed by atoms with Gasteiger partial charge in [0.2, 0.25) is 5.92 Å². The van der Waals surface area contributed by atoms with Gasteiger partial charge in [0, 0.05) is 30.5 Å². The summed E-state index contributed by atoms with van der Waals surface area (Å²) in [6.07, 6.45) is -2.27. The Labute approximate surface area is 149 Å². The predicted molar refractivity (Wildman–Crippen MR) is 83.3 cm³/mol. The predicted octanol–water partition coefficient (Wildman–Crippen LogP) is 4.52. The van der Waals surface area contributed by atoms with E-state index in [0.717, 1.165) is 23.2 Å². The number of rotatable bonds is 5. The highest BCUT2D eigenvalue weighted by Gasteiger charge is 2.47. The van der Waals surface area contributed by atoms with Crippen molar-refractivity contribution in [2.24, 2.45) is 5.92 Å². The van der Waals surface area contributed by atoms with Crippen LogP contribution in [0.2, 0.25) is 0 Å². The summed E-state index contributed by atoms with van der Waals surface area (Å²) in [5, 5.41) is 3.91. The van der Waals surface area contributed by atoms with Gasteiger partial charge in [-0.15, -0.1) is 5.10 Å². The summed E-state index contributed by atoms with van der Waals surface area (Å²) in [7, 11) is 0. The maximum Gasteiger partial charge on any atom is 0.416 e. The second kappa shape index (κ2) is 6.82. The fourth-order valence-electron chi connectivity index (χ4n) is 2.69. The Morgan fingerprint density at radius 2 is 1.96 bits per heavy atom. The van der Waals surface area contributed by atoms with Gasteiger partial charge in [-0.05, 0) is 29.8 Å². The summed E-state index contributed by atoms with van der Waals surface area (Å²) in [6.45, 7) is -1.09. The zero-order valence-electron chi connectivity index (χ0n) is 13.7. The van der Waals surface area contributed by atoms with Crippen LogP contribution >= 0.6 is 0 Å². The Kier molecular flexibility index (Phi) is 4.83. The third-order valence-electron chi connectivity index (χ3n) is 4.13. The quantitative estimate of drug-likeness (QED) is 0.558. The second-order valence-corrected chi connectivity index (χ2v) is 6.28. The van der Waals surface area contributed by atoms with Crippen LogP contribution in [0.4, 0.5) is 26.3 Å². The Bertz CT molecular complexity index is 879. The van der Waals surface area contributed by atoms with Crippen LogP contribution in [0.25, 0.3) is 17.6 Å². The number of alkyl halides is 6. The Hall–Kier alpha value is -2.65. The molecule has 1 aromatic carbocycles. The van der Waals surface area contributed by atoms with Crippen molar-refractivity contribution in [2.75, 3.05) is 0 Å². The summed E-state index contributed by atoms with van der Waals surface area (Å²) < 4.78 is 78.2. The maximum absolute atomic E-state index is 12.9. The van der Waals surface area contributed by atoms with Crippen LogP contribution < -0.4 is 0 Å². The van der Waals surface area contributed by atoms with Crippen LogP contribution in [-0.4, -0.2) is 26.5 Å². The molecule has 0 unspecified atom stereocenters. The fourth-order valence-corrected chi connectivity index (χ4v) is 2.69. The van der Waals surface area contributed by atoms with Crippen molar-refractivity contribution in [1.29, 1.82) is 0 Å². The Balaban J connectivity index is 1.78. The van der Waals surface area contributed by atoms with Gasteiger partial charge < -0.3 is 0 Å². The monoisotopic (exact) mass is 389 g/mol. The molecule has 3 rings (SSSR count). The number of hydrogen-bond acceptors (Lipinski definition) is 3. The molecule has 1 aliphatic carbocycles. The van der Waals surface area contributed by atoms with E-state index in [-0.39, 0.29) is 17.0 Å². The molecule has 1 fully saturated rings. The van der Waals surface area contributed by atoms with E-state index < -0.39 is 48.9 Å². The molecule has 4 nitrogen and oxygen atoms in total. The van der Waals surface area contributed by atoms with Crippen molar-refractivity contribution in [2.45, 2.75) is 31.6 Å². The first-order valence-electron chi connectivity index (χ1n) is 7.86. The molecular weight excluding hydrogens is 376 g/mol. The summed E-state index contributed by atoms with van der Waals surface area (Å²) >= 11 is 0. The van der Waals surface area contributed by atoms with E-state index in [1.807, 2.05) is 0 Å². The van der Waals surface area contributed by atoms with Crippen molar-refractivity contribution in [1.82, 2.24) is 14.8 Å². The molecule has 0 saturated heterocycles. The molecule has 27 heavy (non-hydrogen) atoms. The molecule has 1 aliphatic rings. The first kappa shape index (κ1) is 19.1. The molecule has 0 amide bonds. The molecule has 144 valence electrons.